The molecule has 0 bridgehead atoms. The van der Waals surface area contributed by atoms with Crippen LogP contribution in [0.1, 0.15) is 31.3 Å². The third-order valence-corrected chi connectivity index (χ3v) is 4.80. The molecule has 2 amide bonds. The molecule has 1 atom stereocenters. The van der Waals surface area contributed by atoms with Crippen LogP contribution in [0.25, 0.3) is 5.65 Å². The van der Waals surface area contributed by atoms with Gasteiger partial charge >= 0.3 is 6.03 Å². The molecule has 0 aliphatic rings. The van der Waals surface area contributed by atoms with Crippen molar-refractivity contribution in [2.75, 3.05) is 5.32 Å². The Morgan fingerprint density at radius 2 is 1.84 bits per heavy atom. The third-order valence-electron chi connectivity index (χ3n) is 4.80. The van der Waals surface area contributed by atoms with Crippen LogP contribution in [0.4, 0.5) is 10.5 Å². The number of rotatable bonds is 7. The van der Waals surface area contributed by atoms with E-state index in [-0.39, 0.29) is 18.0 Å². The Bertz CT molecular complexity index is 1140. The smallest absolute Gasteiger partial charge is 0.319 e. The molecule has 1 unspecified atom stereocenters. The summed E-state index contributed by atoms with van der Waals surface area (Å²) in [6.45, 7) is 4.48. The number of pyridine rings is 2. The maximum Gasteiger partial charge on any atom is 0.319 e. The van der Waals surface area contributed by atoms with Crippen LogP contribution in [0.5, 0.6) is 5.88 Å². The number of nitrogens with zero attached hydrogens (tertiary/aromatic N) is 4. The maximum atomic E-state index is 12.6. The minimum atomic E-state index is -0.342. The fourth-order valence-corrected chi connectivity index (χ4v) is 3.18. The first-order chi connectivity index (χ1) is 15.1. The van der Waals surface area contributed by atoms with Gasteiger partial charge in [-0.1, -0.05) is 50.2 Å². The summed E-state index contributed by atoms with van der Waals surface area (Å²) in [6, 6.07) is 18.4. The van der Waals surface area contributed by atoms with Gasteiger partial charge in [-0.3, -0.25) is 4.40 Å². The average molecular weight is 416 g/mol. The zero-order valence-corrected chi connectivity index (χ0v) is 17.4. The molecule has 31 heavy (non-hydrogen) atoms. The number of urea groups is 1. The van der Waals surface area contributed by atoms with Crippen LogP contribution < -0.4 is 15.4 Å². The van der Waals surface area contributed by atoms with Crippen molar-refractivity contribution in [3.63, 3.8) is 0 Å². The zero-order valence-electron chi connectivity index (χ0n) is 17.4. The largest absolute Gasteiger partial charge is 0.473 e. The second kappa shape index (κ2) is 9.25. The Balaban J connectivity index is 1.38. The molecular formula is C23H24N6O2. The Hall–Kier alpha value is -3.94. The number of fused-ring (bicyclic) bond motifs is 1. The number of benzene rings is 1. The summed E-state index contributed by atoms with van der Waals surface area (Å²) in [6.07, 6.45) is 3.45. The molecule has 0 saturated heterocycles. The quantitative estimate of drug-likeness (QED) is 0.470. The van der Waals surface area contributed by atoms with Crippen LogP contribution >= 0.6 is 0 Å². The number of hydrogen-bond acceptors (Lipinski definition) is 5. The first kappa shape index (κ1) is 20.3. The van der Waals surface area contributed by atoms with Gasteiger partial charge in [0, 0.05) is 12.3 Å². The van der Waals surface area contributed by atoms with Gasteiger partial charge in [-0.15, -0.1) is 10.2 Å². The van der Waals surface area contributed by atoms with Gasteiger partial charge in [-0.25, -0.2) is 9.78 Å². The number of carbonyl (C=O) groups is 1. The molecule has 3 aromatic heterocycles. The Morgan fingerprint density at radius 3 is 2.58 bits per heavy atom. The highest BCUT2D eigenvalue weighted by Gasteiger charge is 2.23. The molecule has 3 heterocycles. The van der Waals surface area contributed by atoms with E-state index in [2.05, 4.69) is 25.8 Å². The van der Waals surface area contributed by atoms with Crippen molar-refractivity contribution in [2.24, 2.45) is 5.92 Å². The van der Waals surface area contributed by atoms with E-state index in [1.54, 1.807) is 18.3 Å². The average Bonchev–Trinajstić information content (AvgIpc) is 3.21. The molecule has 4 aromatic rings. The van der Waals surface area contributed by atoms with Crippen LogP contribution in [0.3, 0.4) is 0 Å². The monoisotopic (exact) mass is 416 g/mol. The van der Waals surface area contributed by atoms with Gasteiger partial charge in [0.1, 0.15) is 6.61 Å². The number of amides is 2. The van der Waals surface area contributed by atoms with E-state index in [0.29, 0.717) is 24.0 Å². The molecular weight excluding hydrogens is 392 g/mol. The molecule has 0 spiro atoms. The zero-order chi connectivity index (χ0) is 21.6. The second-order valence-electron chi connectivity index (χ2n) is 7.47. The van der Waals surface area contributed by atoms with Crippen LogP contribution in [0.2, 0.25) is 0 Å². The number of aromatic nitrogens is 4. The minimum absolute atomic E-state index is 0.116. The van der Waals surface area contributed by atoms with E-state index in [1.165, 1.54) is 0 Å². The van der Waals surface area contributed by atoms with E-state index in [0.717, 1.165) is 11.2 Å². The maximum absolute atomic E-state index is 12.6. The van der Waals surface area contributed by atoms with Crippen LogP contribution in [-0.2, 0) is 6.61 Å². The highest BCUT2D eigenvalue weighted by Crippen LogP contribution is 2.21. The van der Waals surface area contributed by atoms with Crippen molar-refractivity contribution in [1.29, 1.82) is 0 Å². The highest BCUT2D eigenvalue weighted by atomic mass is 16.5. The number of anilines is 1. The summed E-state index contributed by atoms with van der Waals surface area (Å²) in [5.74, 6) is 1.29. The molecule has 0 radical (unpaired) electrons. The van der Waals surface area contributed by atoms with Crippen molar-refractivity contribution in [2.45, 2.75) is 26.5 Å². The van der Waals surface area contributed by atoms with E-state index in [4.69, 9.17) is 4.74 Å². The van der Waals surface area contributed by atoms with Crippen LogP contribution in [0, 0.1) is 5.92 Å². The fourth-order valence-electron chi connectivity index (χ4n) is 3.18. The van der Waals surface area contributed by atoms with E-state index < -0.39 is 0 Å². The van der Waals surface area contributed by atoms with E-state index >= 15 is 0 Å². The highest BCUT2D eigenvalue weighted by molar-refractivity contribution is 5.89. The van der Waals surface area contributed by atoms with Crippen molar-refractivity contribution < 1.29 is 9.53 Å². The number of nitrogens with one attached hydrogen (secondary N) is 2. The molecule has 8 nitrogen and oxygen atoms in total. The van der Waals surface area contributed by atoms with Crippen molar-refractivity contribution in [1.82, 2.24) is 24.9 Å². The lowest BCUT2D eigenvalue weighted by molar-refractivity contribution is 0.243. The van der Waals surface area contributed by atoms with Gasteiger partial charge in [0.15, 0.2) is 11.5 Å². The number of ether oxygens (including phenoxy) is 1. The fraction of sp³-hybridized carbons (Fsp3) is 0.217. The molecule has 0 aliphatic carbocycles. The Labute approximate surface area is 180 Å². The Kier molecular flexibility index (Phi) is 6.07. The van der Waals surface area contributed by atoms with Gasteiger partial charge in [0.2, 0.25) is 5.88 Å². The van der Waals surface area contributed by atoms with E-state index in [1.807, 2.05) is 73.0 Å². The number of carbonyl (C=O) groups excluding carboxylic acids is 1. The Morgan fingerprint density at radius 1 is 1.03 bits per heavy atom. The van der Waals surface area contributed by atoms with Crippen molar-refractivity contribution in [3.8, 4) is 5.88 Å². The standard InChI is InChI=1S/C23H24N6O2/c1-16(2)21(22-28-27-19-10-6-7-13-29(19)22)26-23(30)25-18-11-12-20(24-14-18)31-15-17-8-4-3-5-9-17/h3-14,16,21H,15H2,1-2H3,(H2,25,26,30). The predicted molar refractivity (Wildman–Crippen MR) is 118 cm³/mol. The van der Waals surface area contributed by atoms with Crippen LogP contribution in [0.15, 0.2) is 73.1 Å². The van der Waals surface area contributed by atoms with Gasteiger partial charge in [-0.05, 0) is 29.7 Å². The molecule has 0 fully saturated rings. The summed E-state index contributed by atoms with van der Waals surface area (Å²) in [4.78, 5) is 16.9. The normalized spacial score (nSPS) is 12.0. The second-order valence-corrected chi connectivity index (χ2v) is 7.47. The predicted octanol–water partition coefficient (Wildman–Crippen LogP) is 4.22. The van der Waals surface area contributed by atoms with Gasteiger partial charge in [0.25, 0.3) is 0 Å². The SMILES string of the molecule is CC(C)C(NC(=O)Nc1ccc(OCc2ccccc2)nc1)c1nnc2ccccn12. The lowest BCUT2D eigenvalue weighted by atomic mass is 10.0. The van der Waals surface area contributed by atoms with E-state index in [9.17, 15) is 4.79 Å². The van der Waals surface area contributed by atoms with Gasteiger partial charge in [0.05, 0.1) is 17.9 Å². The summed E-state index contributed by atoms with van der Waals surface area (Å²) in [7, 11) is 0. The first-order valence-corrected chi connectivity index (χ1v) is 10.1. The molecule has 1 aromatic carbocycles. The lowest BCUT2D eigenvalue weighted by Crippen LogP contribution is -2.36. The minimum Gasteiger partial charge on any atom is -0.473 e. The van der Waals surface area contributed by atoms with Crippen LogP contribution in [-0.4, -0.2) is 25.6 Å². The van der Waals surface area contributed by atoms with Gasteiger partial charge < -0.3 is 15.4 Å². The summed E-state index contributed by atoms with van der Waals surface area (Å²) in [5, 5.41) is 14.3. The first-order valence-electron chi connectivity index (χ1n) is 10.1. The van der Waals surface area contributed by atoms with Crippen molar-refractivity contribution in [3.05, 3.63) is 84.4 Å². The topological polar surface area (TPSA) is 93.4 Å². The van der Waals surface area contributed by atoms with Crippen molar-refractivity contribution >= 4 is 17.4 Å². The molecule has 4 rings (SSSR count). The van der Waals surface area contributed by atoms with Gasteiger partial charge in [-0.2, -0.15) is 0 Å². The molecule has 0 saturated carbocycles. The molecule has 0 aliphatic heterocycles. The third kappa shape index (κ3) is 4.98. The summed E-state index contributed by atoms with van der Waals surface area (Å²) >= 11 is 0. The number of hydrogen-bond donors (Lipinski definition) is 2. The molecule has 158 valence electrons. The molecule has 2 N–H and O–H groups in total. The molecule has 8 heteroatoms. The summed E-state index contributed by atoms with van der Waals surface area (Å²) in [5.41, 5.74) is 2.37. The lowest BCUT2D eigenvalue weighted by Gasteiger charge is -2.21. The summed E-state index contributed by atoms with van der Waals surface area (Å²) < 4.78 is 7.56.